The first kappa shape index (κ1) is 34.4. The molecule has 0 aromatic heterocycles. The number of hydrogen-bond donors (Lipinski definition) is 0. The van der Waals surface area contributed by atoms with E-state index < -0.39 is 0 Å². The maximum absolute atomic E-state index is 2.32. The molecule has 56 heavy (non-hydrogen) atoms. The second kappa shape index (κ2) is 15.9. The molecule has 0 aliphatic heterocycles. The third-order valence-electron chi connectivity index (χ3n) is 10.3. The van der Waals surface area contributed by atoms with E-state index in [4.69, 9.17) is 0 Å². The van der Waals surface area contributed by atoms with Crippen molar-refractivity contribution in [3.8, 4) is 44.5 Å². The average Bonchev–Trinajstić information content (AvgIpc) is 3.29. The molecule has 0 spiro atoms. The fourth-order valence-corrected chi connectivity index (χ4v) is 7.38. The van der Waals surface area contributed by atoms with Gasteiger partial charge in [0.05, 0.1) is 0 Å². The summed E-state index contributed by atoms with van der Waals surface area (Å²) < 4.78 is 0. The van der Waals surface area contributed by atoms with Gasteiger partial charge in [0.25, 0.3) is 0 Å². The number of hydrogen-bond acceptors (Lipinski definition) is 2. The number of anilines is 6. The van der Waals surface area contributed by atoms with Crippen LogP contribution in [-0.4, -0.2) is 0 Å². The summed E-state index contributed by atoms with van der Waals surface area (Å²) in [5, 5.41) is 0. The van der Waals surface area contributed by atoms with Gasteiger partial charge in [0.1, 0.15) is 0 Å². The van der Waals surface area contributed by atoms with Crippen LogP contribution in [0.2, 0.25) is 0 Å². The van der Waals surface area contributed by atoms with Crippen LogP contribution >= 0.6 is 0 Å². The summed E-state index contributed by atoms with van der Waals surface area (Å²) in [7, 11) is 0. The molecule has 0 saturated heterocycles. The quantitative estimate of drug-likeness (QED) is 0.139. The van der Waals surface area contributed by atoms with Gasteiger partial charge >= 0.3 is 0 Å². The van der Waals surface area contributed by atoms with E-state index >= 15 is 0 Å². The number of rotatable bonds is 10. The van der Waals surface area contributed by atoms with E-state index in [1.165, 1.54) is 44.5 Å². The van der Waals surface area contributed by atoms with Crippen molar-refractivity contribution in [2.75, 3.05) is 9.80 Å². The Morgan fingerprint density at radius 1 is 0.143 bits per heavy atom. The lowest BCUT2D eigenvalue weighted by Crippen LogP contribution is -2.10. The summed E-state index contributed by atoms with van der Waals surface area (Å²) in [5.41, 5.74) is 16.3. The molecule has 0 aliphatic carbocycles. The molecule has 0 radical (unpaired) electrons. The molecule has 0 amide bonds. The second-order valence-corrected chi connectivity index (χ2v) is 13.8. The number of nitrogens with zero attached hydrogens (tertiary/aromatic N) is 2. The first-order valence-electron chi connectivity index (χ1n) is 19.1. The van der Waals surface area contributed by atoms with E-state index in [0.717, 1.165) is 34.1 Å². The van der Waals surface area contributed by atoms with Crippen molar-refractivity contribution in [2.45, 2.75) is 0 Å². The monoisotopic (exact) mass is 716 g/mol. The Morgan fingerprint density at radius 3 is 0.536 bits per heavy atom. The molecule has 9 aromatic carbocycles. The minimum absolute atomic E-state index is 1.10. The van der Waals surface area contributed by atoms with E-state index in [1.54, 1.807) is 0 Å². The average molecular weight is 717 g/mol. The van der Waals surface area contributed by atoms with Crippen molar-refractivity contribution >= 4 is 34.1 Å². The van der Waals surface area contributed by atoms with E-state index in [9.17, 15) is 0 Å². The Morgan fingerprint density at radius 2 is 0.304 bits per heavy atom. The van der Waals surface area contributed by atoms with Crippen molar-refractivity contribution in [1.82, 2.24) is 0 Å². The second-order valence-electron chi connectivity index (χ2n) is 13.8. The molecular weight excluding hydrogens is 677 g/mol. The molecular formula is C54H40N2. The highest BCUT2D eigenvalue weighted by molar-refractivity contribution is 5.82. The van der Waals surface area contributed by atoms with E-state index in [-0.39, 0.29) is 0 Å². The van der Waals surface area contributed by atoms with Gasteiger partial charge in [0.15, 0.2) is 0 Å². The zero-order valence-corrected chi connectivity index (χ0v) is 31.0. The summed E-state index contributed by atoms with van der Waals surface area (Å²) in [4.78, 5) is 4.63. The van der Waals surface area contributed by atoms with Crippen molar-refractivity contribution in [1.29, 1.82) is 0 Å². The van der Waals surface area contributed by atoms with Crippen LogP contribution in [0.4, 0.5) is 34.1 Å². The molecule has 9 rings (SSSR count). The summed E-state index contributed by atoms with van der Waals surface area (Å²) in [5.74, 6) is 0. The topological polar surface area (TPSA) is 6.48 Å². The Labute approximate surface area is 329 Å². The highest BCUT2D eigenvalue weighted by Gasteiger charge is 2.15. The fraction of sp³-hybridized carbons (Fsp3) is 0. The fourth-order valence-electron chi connectivity index (χ4n) is 7.38. The maximum atomic E-state index is 2.32. The smallest absolute Gasteiger partial charge is 0.0462 e. The zero-order valence-electron chi connectivity index (χ0n) is 31.0. The van der Waals surface area contributed by atoms with Crippen LogP contribution in [0.15, 0.2) is 243 Å². The van der Waals surface area contributed by atoms with Crippen molar-refractivity contribution in [2.24, 2.45) is 0 Å². The Kier molecular flexibility index (Phi) is 9.75. The van der Waals surface area contributed by atoms with Crippen LogP contribution in [0.5, 0.6) is 0 Å². The van der Waals surface area contributed by atoms with Gasteiger partial charge in [-0.05, 0) is 117 Å². The van der Waals surface area contributed by atoms with Crippen molar-refractivity contribution in [3.05, 3.63) is 243 Å². The molecule has 0 fully saturated rings. The Balaban J connectivity index is 0.971. The Bertz CT molecular complexity index is 2600. The van der Waals surface area contributed by atoms with Crippen LogP contribution in [0.25, 0.3) is 44.5 Å². The van der Waals surface area contributed by atoms with Crippen molar-refractivity contribution in [3.63, 3.8) is 0 Å². The maximum Gasteiger partial charge on any atom is 0.0462 e. The van der Waals surface area contributed by atoms with Gasteiger partial charge in [-0.2, -0.15) is 0 Å². The highest BCUT2D eigenvalue weighted by atomic mass is 15.1. The van der Waals surface area contributed by atoms with Crippen molar-refractivity contribution < 1.29 is 0 Å². The standard InChI is InChI=1S/C54H40N2/c1-5-13-41(14-6-1)43-21-23-44(24-22-43)46-27-35-52(36-28-46)56(50-19-11-4-12-20-50)54-39-31-48(32-40-54)47-29-37-53(38-30-47)55(49-17-9-3-10-18-49)51-33-25-45(26-34-51)42-15-7-2-8-16-42/h1-40H. The van der Waals surface area contributed by atoms with Crippen LogP contribution < -0.4 is 9.80 Å². The van der Waals surface area contributed by atoms with Gasteiger partial charge in [-0.25, -0.2) is 0 Å². The molecule has 2 heteroatoms. The van der Waals surface area contributed by atoms with Crippen LogP contribution in [0, 0.1) is 0 Å². The third-order valence-corrected chi connectivity index (χ3v) is 10.3. The first-order chi connectivity index (χ1) is 27.8. The van der Waals surface area contributed by atoms with E-state index in [2.05, 4.69) is 252 Å². The van der Waals surface area contributed by atoms with Gasteiger partial charge in [-0.1, -0.05) is 170 Å². The minimum atomic E-state index is 1.10. The number of para-hydroxylation sites is 2. The minimum Gasteiger partial charge on any atom is -0.311 e. The summed E-state index contributed by atoms with van der Waals surface area (Å²) >= 11 is 0. The summed E-state index contributed by atoms with van der Waals surface area (Å²) in [6, 6.07) is 86.5. The normalized spacial score (nSPS) is 10.9. The van der Waals surface area contributed by atoms with Gasteiger partial charge in [0.2, 0.25) is 0 Å². The third kappa shape index (κ3) is 7.37. The van der Waals surface area contributed by atoms with Crippen LogP contribution in [-0.2, 0) is 0 Å². The van der Waals surface area contributed by atoms with Gasteiger partial charge < -0.3 is 9.80 Å². The van der Waals surface area contributed by atoms with Gasteiger partial charge in [-0.15, -0.1) is 0 Å². The lowest BCUT2D eigenvalue weighted by molar-refractivity contribution is 1.28. The summed E-state index contributed by atoms with van der Waals surface area (Å²) in [6.45, 7) is 0. The first-order valence-corrected chi connectivity index (χ1v) is 19.1. The zero-order chi connectivity index (χ0) is 37.5. The molecule has 266 valence electrons. The lowest BCUT2D eigenvalue weighted by atomic mass is 10.00. The highest BCUT2D eigenvalue weighted by Crippen LogP contribution is 2.39. The van der Waals surface area contributed by atoms with E-state index in [0.29, 0.717) is 0 Å². The lowest BCUT2D eigenvalue weighted by Gasteiger charge is -2.26. The molecule has 0 aliphatic rings. The van der Waals surface area contributed by atoms with Gasteiger partial charge in [-0.3, -0.25) is 0 Å². The van der Waals surface area contributed by atoms with E-state index in [1.807, 2.05) is 0 Å². The number of benzene rings is 9. The molecule has 9 aromatic rings. The summed E-state index contributed by atoms with van der Waals surface area (Å²) in [6.07, 6.45) is 0. The molecule has 0 heterocycles. The Hall–Kier alpha value is -7.42. The largest absolute Gasteiger partial charge is 0.311 e. The molecule has 2 nitrogen and oxygen atoms in total. The van der Waals surface area contributed by atoms with Gasteiger partial charge in [0, 0.05) is 34.1 Å². The molecule has 0 N–H and O–H groups in total. The predicted octanol–water partition coefficient (Wildman–Crippen LogP) is 15.3. The molecule has 0 unspecified atom stereocenters. The molecule has 0 atom stereocenters. The van der Waals surface area contributed by atoms with Crippen LogP contribution in [0.3, 0.4) is 0 Å². The molecule has 0 saturated carbocycles. The van der Waals surface area contributed by atoms with Crippen LogP contribution in [0.1, 0.15) is 0 Å². The predicted molar refractivity (Wildman–Crippen MR) is 238 cm³/mol. The SMILES string of the molecule is c1ccc(-c2ccc(-c3ccc(N(c4ccccc4)c4ccc(-c5ccc(N(c6ccccc6)c6ccc(-c7ccccc7)cc6)cc5)cc4)cc3)cc2)cc1. The molecule has 0 bridgehead atoms.